The van der Waals surface area contributed by atoms with Gasteiger partial charge in [-0.1, -0.05) is 69.0 Å². The van der Waals surface area contributed by atoms with Crippen molar-refractivity contribution in [2.75, 3.05) is 0 Å². The first-order valence-corrected chi connectivity index (χ1v) is 8.81. The van der Waals surface area contributed by atoms with Crippen molar-refractivity contribution in [1.82, 2.24) is 0 Å². The molecule has 1 atom stereocenters. The van der Waals surface area contributed by atoms with Crippen molar-refractivity contribution in [1.29, 1.82) is 0 Å². The summed E-state index contributed by atoms with van der Waals surface area (Å²) in [6.45, 7) is 9.55. The minimum atomic E-state index is -1.00. The standard InChI is InChI=1S/C13H20Si/c1-12(14(2,3)4)10-11-13-8-6-5-7-9-13/h5-12H,1-4H3/b11-10-/t12-/m0/s1. The molecule has 0 bridgehead atoms. The van der Waals surface area contributed by atoms with Crippen molar-refractivity contribution in [3.8, 4) is 0 Å². The van der Waals surface area contributed by atoms with Gasteiger partial charge in [0.15, 0.2) is 0 Å². The van der Waals surface area contributed by atoms with E-state index in [0.717, 1.165) is 5.54 Å². The predicted molar refractivity (Wildman–Crippen MR) is 68.2 cm³/mol. The van der Waals surface area contributed by atoms with E-state index in [1.54, 1.807) is 0 Å². The summed E-state index contributed by atoms with van der Waals surface area (Å²) in [7, 11) is -1.00. The van der Waals surface area contributed by atoms with Crippen molar-refractivity contribution in [2.45, 2.75) is 32.1 Å². The van der Waals surface area contributed by atoms with Gasteiger partial charge in [0.25, 0.3) is 0 Å². The molecule has 0 aliphatic carbocycles. The maximum absolute atomic E-state index is 2.41. The third-order valence-corrected chi connectivity index (χ3v) is 5.67. The summed E-state index contributed by atoms with van der Waals surface area (Å²) >= 11 is 0. The molecule has 0 nitrogen and oxygen atoms in total. The second-order valence-electron chi connectivity index (χ2n) is 4.92. The molecule has 76 valence electrons. The highest BCUT2D eigenvalue weighted by Gasteiger charge is 2.19. The fourth-order valence-electron chi connectivity index (χ4n) is 1.11. The summed E-state index contributed by atoms with van der Waals surface area (Å²) in [5.74, 6) is 0. The van der Waals surface area contributed by atoms with Gasteiger partial charge in [0.2, 0.25) is 0 Å². The molecule has 0 aliphatic rings. The molecule has 0 aliphatic heterocycles. The quantitative estimate of drug-likeness (QED) is 0.639. The van der Waals surface area contributed by atoms with E-state index in [0.29, 0.717) is 0 Å². The SMILES string of the molecule is C[C@@H](/C=C\c1ccccc1)[Si](C)(C)C. The summed E-state index contributed by atoms with van der Waals surface area (Å²) in [6, 6.07) is 10.5. The first-order valence-electron chi connectivity index (χ1n) is 5.23. The van der Waals surface area contributed by atoms with Crippen LogP contribution >= 0.6 is 0 Å². The lowest BCUT2D eigenvalue weighted by atomic mass is 10.2. The maximum atomic E-state index is 2.41. The van der Waals surface area contributed by atoms with E-state index in [9.17, 15) is 0 Å². The van der Waals surface area contributed by atoms with E-state index >= 15 is 0 Å². The normalized spacial score (nSPS) is 14.6. The van der Waals surface area contributed by atoms with Crippen LogP contribution in [0.5, 0.6) is 0 Å². The Hall–Kier alpha value is -0.823. The minimum absolute atomic E-state index is 0.739. The lowest BCUT2D eigenvalue weighted by Gasteiger charge is -2.21. The second kappa shape index (κ2) is 4.60. The molecule has 0 N–H and O–H groups in total. The number of hydrogen-bond donors (Lipinski definition) is 0. The molecule has 1 aromatic carbocycles. The molecule has 0 fully saturated rings. The Kier molecular flexibility index (Phi) is 3.70. The fourth-order valence-corrected chi connectivity index (χ4v) is 1.78. The van der Waals surface area contributed by atoms with Gasteiger partial charge in [-0.15, -0.1) is 0 Å². The Morgan fingerprint density at radius 2 is 1.64 bits per heavy atom. The Morgan fingerprint density at radius 1 is 1.07 bits per heavy atom. The molecular weight excluding hydrogens is 184 g/mol. The molecule has 0 aromatic heterocycles. The highest BCUT2D eigenvalue weighted by Crippen LogP contribution is 2.22. The molecule has 1 heteroatoms. The van der Waals surface area contributed by atoms with Gasteiger partial charge in [-0.2, -0.15) is 0 Å². The van der Waals surface area contributed by atoms with E-state index in [4.69, 9.17) is 0 Å². The van der Waals surface area contributed by atoms with Crippen molar-refractivity contribution < 1.29 is 0 Å². The van der Waals surface area contributed by atoms with Gasteiger partial charge in [0.1, 0.15) is 0 Å². The molecule has 0 heterocycles. The van der Waals surface area contributed by atoms with Crippen LogP contribution < -0.4 is 0 Å². The monoisotopic (exact) mass is 204 g/mol. The molecule has 0 saturated carbocycles. The van der Waals surface area contributed by atoms with Crippen LogP contribution in [-0.4, -0.2) is 8.07 Å². The zero-order chi connectivity index (χ0) is 10.6. The smallest absolute Gasteiger partial charge is 0.0510 e. The van der Waals surface area contributed by atoms with Crippen molar-refractivity contribution in [2.24, 2.45) is 0 Å². The summed E-state index contributed by atoms with van der Waals surface area (Å²) < 4.78 is 0. The first-order chi connectivity index (χ1) is 6.50. The molecular formula is C13H20Si. The lowest BCUT2D eigenvalue weighted by molar-refractivity contribution is 1.13. The first kappa shape index (κ1) is 11.3. The van der Waals surface area contributed by atoms with Gasteiger partial charge < -0.3 is 0 Å². The summed E-state index contributed by atoms with van der Waals surface area (Å²) in [6.07, 6.45) is 4.59. The molecule has 0 spiro atoms. The molecule has 0 amide bonds. The third kappa shape index (κ3) is 3.50. The van der Waals surface area contributed by atoms with E-state index in [2.05, 4.69) is 69.0 Å². The molecule has 0 radical (unpaired) electrons. The van der Waals surface area contributed by atoms with Gasteiger partial charge in [-0.05, 0) is 11.1 Å². The van der Waals surface area contributed by atoms with Crippen LogP contribution in [0.3, 0.4) is 0 Å². The van der Waals surface area contributed by atoms with Gasteiger partial charge in [-0.25, -0.2) is 0 Å². The Morgan fingerprint density at radius 3 is 2.14 bits per heavy atom. The maximum Gasteiger partial charge on any atom is 0.0510 e. The summed E-state index contributed by atoms with van der Waals surface area (Å²) in [4.78, 5) is 0. The highest BCUT2D eigenvalue weighted by molar-refractivity contribution is 6.77. The highest BCUT2D eigenvalue weighted by atomic mass is 28.3. The Balaban J connectivity index is 2.66. The predicted octanol–water partition coefficient (Wildman–Crippen LogP) is 4.43. The van der Waals surface area contributed by atoms with E-state index in [1.165, 1.54) is 5.56 Å². The van der Waals surface area contributed by atoms with Gasteiger partial charge in [-0.3, -0.25) is 0 Å². The molecule has 1 aromatic rings. The minimum Gasteiger partial charge on any atom is -0.0838 e. The number of benzene rings is 1. The van der Waals surface area contributed by atoms with Crippen molar-refractivity contribution in [3.05, 3.63) is 42.0 Å². The average molecular weight is 204 g/mol. The van der Waals surface area contributed by atoms with Crippen LogP contribution in [0.25, 0.3) is 6.08 Å². The third-order valence-electron chi connectivity index (χ3n) is 2.74. The Bertz CT molecular complexity index is 293. The summed E-state index contributed by atoms with van der Waals surface area (Å²) in [5.41, 5.74) is 2.04. The van der Waals surface area contributed by atoms with Gasteiger partial charge in [0, 0.05) is 0 Å². The lowest BCUT2D eigenvalue weighted by Crippen LogP contribution is -2.24. The van der Waals surface area contributed by atoms with E-state index < -0.39 is 8.07 Å². The van der Waals surface area contributed by atoms with Crippen LogP contribution in [0.1, 0.15) is 12.5 Å². The molecule has 14 heavy (non-hydrogen) atoms. The molecule has 0 saturated heterocycles. The Labute approximate surface area is 88.7 Å². The number of hydrogen-bond acceptors (Lipinski definition) is 0. The van der Waals surface area contributed by atoms with Crippen molar-refractivity contribution >= 4 is 14.1 Å². The van der Waals surface area contributed by atoms with Crippen LogP contribution in [0.15, 0.2) is 36.4 Å². The van der Waals surface area contributed by atoms with E-state index in [-0.39, 0.29) is 0 Å². The molecule has 1 rings (SSSR count). The van der Waals surface area contributed by atoms with Crippen LogP contribution in [0, 0.1) is 0 Å². The zero-order valence-corrected chi connectivity index (χ0v) is 10.6. The van der Waals surface area contributed by atoms with Crippen molar-refractivity contribution in [3.63, 3.8) is 0 Å². The topological polar surface area (TPSA) is 0 Å². The zero-order valence-electron chi connectivity index (χ0n) is 9.62. The van der Waals surface area contributed by atoms with Crippen LogP contribution in [0.4, 0.5) is 0 Å². The summed E-state index contributed by atoms with van der Waals surface area (Å²) in [5, 5.41) is 0. The van der Waals surface area contributed by atoms with Gasteiger partial charge in [0.05, 0.1) is 8.07 Å². The second-order valence-corrected chi connectivity index (χ2v) is 10.6. The van der Waals surface area contributed by atoms with Gasteiger partial charge >= 0.3 is 0 Å². The number of allylic oxidation sites excluding steroid dienone is 1. The van der Waals surface area contributed by atoms with Crippen LogP contribution in [-0.2, 0) is 0 Å². The molecule has 0 unspecified atom stereocenters. The largest absolute Gasteiger partial charge is 0.0838 e. The van der Waals surface area contributed by atoms with E-state index in [1.807, 2.05) is 0 Å². The fraction of sp³-hybridized carbons (Fsp3) is 0.385. The number of rotatable bonds is 3. The average Bonchev–Trinajstić information content (AvgIpc) is 2.14. The van der Waals surface area contributed by atoms with Crippen LogP contribution in [0.2, 0.25) is 25.2 Å².